The lowest BCUT2D eigenvalue weighted by Crippen LogP contribution is -1.86. The van der Waals surface area contributed by atoms with Gasteiger partial charge in [0.05, 0.1) is 0 Å². The fourth-order valence-corrected chi connectivity index (χ4v) is 3.39. The normalized spacial score (nSPS) is 12.0. The van der Waals surface area contributed by atoms with E-state index in [0.717, 1.165) is 0 Å². The van der Waals surface area contributed by atoms with Crippen molar-refractivity contribution in [3.05, 3.63) is 72.8 Å². The van der Waals surface area contributed by atoms with Crippen LogP contribution in [0.2, 0.25) is 0 Å². The van der Waals surface area contributed by atoms with E-state index >= 15 is 0 Å². The summed E-state index contributed by atoms with van der Waals surface area (Å²) in [6, 6.07) is 28.2. The van der Waals surface area contributed by atoms with Crippen LogP contribution in [0, 0.1) is 12.1 Å². The Morgan fingerprint density at radius 3 is 1.70 bits per heavy atom. The van der Waals surface area contributed by atoms with Crippen LogP contribution in [0.15, 0.2) is 60.7 Å². The lowest BCUT2D eigenvalue weighted by atomic mass is 9.90. The highest BCUT2D eigenvalue weighted by Crippen LogP contribution is 2.39. The van der Waals surface area contributed by atoms with E-state index in [1.807, 2.05) is 12.1 Å². The molecule has 0 aliphatic carbocycles. The monoisotopic (exact) mass is 250 g/mol. The van der Waals surface area contributed by atoms with Gasteiger partial charge in [-0.2, -0.15) is 0 Å². The van der Waals surface area contributed by atoms with E-state index in [2.05, 4.69) is 60.7 Å². The van der Waals surface area contributed by atoms with Crippen LogP contribution in [0.5, 0.6) is 0 Å². The van der Waals surface area contributed by atoms with E-state index in [4.69, 9.17) is 0 Å². The largest absolute Gasteiger partial charge is 0.0610 e. The summed E-state index contributed by atoms with van der Waals surface area (Å²) in [4.78, 5) is 0. The molecule has 0 aliphatic rings. The summed E-state index contributed by atoms with van der Waals surface area (Å²) in [5.41, 5.74) is 0. The van der Waals surface area contributed by atoms with Crippen molar-refractivity contribution in [2.24, 2.45) is 0 Å². The average Bonchev–Trinajstić information content (AvgIpc) is 2.52. The zero-order valence-electron chi connectivity index (χ0n) is 10.8. The Bertz CT molecular complexity index is 917. The fraction of sp³-hybridized carbons (Fsp3) is 0. The van der Waals surface area contributed by atoms with Crippen molar-refractivity contribution < 1.29 is 0 Å². The highest BCUT2D eigenvalue weighted by atomic mass is 14.1. The maximum atomic E-state index is 3.43. The highest BCUT2D eigenvalue weighted by molar-refractivity contribution is 6.32. The molecule has 2 radical (unpaired) electrons. The van der Waals surface area contributed by atoms with Gasteiger partial charge in [0, 0.05) is 0 Å². The fourth-order valence-electron chi connectivity index (χ4n) is 3.39. The number of rotatable bonds is 0. The van der Waals surface area contributed by atoms with Crippen molar-refractivity contribution in [1.82, 2.24) is 0 Å². The molecule has 20 heavy (non-hydrogen) atoms. The maximum absolute atomic E-state index is 3.43. The number of fused-ring (bicyclic) bond motifs is 2. The molecule has 0 spiro atoms. The number of hydrogen-bond donors (Lipinski definition) is 0. The van der Waals surface area contributed by atoms with E-state index in [0.29, 0.717) is 0 Å². The van der Waals surface area contributed by atoms with Gasteiger partial charge in [-0.1, -0.05) is 60.7 Å². The molecule has 0 heteroatoms. The Balaban J connectivity index is 2.32. The molecule has 0 aliphatic heterocycles. The molecule has 0 unspecified atom stereocenters. The van der Waals surface area contributed by atoms with Gasteiger partial charge >= 0.3 is 0 Å². The summed E-state index contributed by atoms with van der Waals surface area (Å²) >= 11 is 0. The number of benzene rings is 5. The van der Waals surface area contributed by atoms with Crippen molar-refractivity contribution in [1.29, 1.82) is 0 Å². The van der Waals surface area contributed by atoms with Gasteiger partial charge in [-0.3, -0.25) is 0 Å². The van der Waals surface area contributed by atoms with Gasteiger partial charge in [0.1, 0.15) is 0 Å². The minimum Gasteiger partial charge on any atom is -0.0610 e. The van der Waals surface area contributed by atoms with Crippen LogP contribution in [0.25, 0.3) is 43.1 Å². The zero-order valence-corrected chi connectivity index (χ0v) is 10.8. The van der Waals surface area contributed by atoms with Gasteiger partial charge in [0.15, 0.2) is 0 Å². The minimum absolute atomic E-state index is 1.21. The van der Waals surface area contributed by atoms with E-state index in [9.17, 15) is 0 Å². The maximum Gasteiger partial charge on any atom is -0.00137 e. The first-order valence-corrected chi connectivity index (χ1v) is 6.81. The molecule has 0 saturated heterocycles. The molecular formula is C20H10. The molecule has 0 saturated carbocycles. The molecule has 0 N–H and O–H groups in total. The SMILES string of the molecule is [c]1ccc2cc[c]c3c4cccc5cccc(c1c23)c54. The molecule has 0 atom stereocenters. The summed E-state index contributed by atoms with van der Waals surface area (Å²) in [7, 11) is 0. The van der Waals surface area contributed by atoms with Crippen LogP contribution in [0.4, 0.5) is 0 Å². The molecule has 0 amide bonds. The minimum atomic E-state index is 1.21. The molecule has 0 bridgehead atoms. The van der Waals surface area contributed by atoms with Crippen molar-refractivity contribution >= 4 is 43.1 Å². The first-order valence-electron chi connectivity index (χ1n) is 6.81. The van der Waals surface area contributed by atoms with Crippen molar-refractivity contribution in [3.63, 3.8) is 0 Å². The predicted molar refractivity (Wildman–Crippen MR) is 85.3 cm³/mol. The summed E-state index contributed by atoms with van der Waals surface area (Å²) < 4.78 is 0. The van der Waals surface area contributed by atoms with Gasteiger partial charge < -0.3 is 0 Å². The zero-order chi connectivity index (χ0) is 13.1. The van der Waals surface area contributed by atoms with Gasteiger partial charge in [-0.05, 0) is 55.2 Å². The van der Waals surface area contributed by atoms with Gasteiger partial charge in [0.25, 0.3) is 0 Å². The van der Waals surface area contributed by atoms with Crippen LogP contribution >= 0.6 is 0 Å². The Hall–Kier alpha value is -2.60. The summed E-state index contributed by atoms with van der Waals surface area (Å²) in [5, 5.41) is 10.1. The highest BCUT2D eigenvalue weighted by Gasteiger charge is 2.11. The predicted octanol–water partition coefficient (Wildman–Crippen LogP) is 5.34. The van der Waals surface area contributed by atoms with E-state index < -0.39 is 0 Å². The summed E-state index contributed by atoms with van der Waals surface area (Å²) in [6.45, 7) is 0. The Kier molecular flexibility index (Phi) is 1.78. The van der Waals surface area contributed by atoms with Crippen LogP contribution < -0.4 is 0 Å². The summed E-state index contributed by atoms with van der Waals surface area (Å²) in [6.07, 6.45) is 0. The topological polar surface area (TPSA) is 0 Å². The van der Waals surface area contributed by atoms with Crippen LogP contribution in [0.1, 0.15) is 0 Å². The number of hydrogen-bond acceptors (Lipinski definition) is 0. The molecule has 0 nitrogen and oxygen atoms in total. The third kappa shape index (κ3) is 1.12. The Morgan fingerprint density at radius 1 is 0.550 bits per heavy atom. The van der Waals surface area contributed by atoms with Crippen LogP contribution in [0.3, 0.4) is 0 Å². The molecule has 5 aromatic rings. The Labute approximate surface area is 116 Å². The molecule has 0 fully saturated rings. The standard InChI is InChI=1S/C20H10/c1-5-13-6-2-11-17-18-12-4-8-14-7-3-10-16(20(14)18)15(9-1)19(13)17/h1-9,11H. The van der Waals surface area contributed by atoms with Crippen LogP contribution in [-0.2, 0) is 0 Å². The third-order valence-corrected chi connectivity index (χ3v) is 4.21. The summed E-state index contributed by atoms with van der Waals surface area (Å²) in [5.74, 6) is 0. The van der Waals surface area contributed by atoms with Gasteiger partial charge in [0.2, 0.25) is 0 Å². The van der Waals surface area contributed by atoms with Gasteiger partial charge in [-0.25, -0.2) is 0 Å². The molecule has 5 rings (SSSR count). The molecule has 0 heterocycles. The van der Waals surface area contributed by atoms with Crippen molar-refractivity contribution in [3.8, 4) is 0 Å². The lowest BCUT2D eigenvalue weighted by molar-refractivity contribution is 1.77. The lowest BCUT2D eigenvalue weighted by Gasteiger charge is -2.13. The molecule has 90 valence electrons. The van der Waals surface area contributed by atoms with Gasteiger partial charge in [-0.15, -0.1) is 0 Å². The van der Waals surface area contributed by atoms with Crippen LogP contribution in [-0.4, -0.2) is 0 Å². The molecule has 0 aromatic heterocycles. The average molecular weight is 250 g/mol. The first kappa shape index (κ1) is 10.2. The first-order chi connectivity index (χ1) is 9.93. The quantitative estimate of drug-likeness (QED) is 0.257. The van der Waals surface area contributed by atoms with Crippen molar-refractivity contribution in [2.75, 3.05) is 0 Å². The second-order valence-electron chi connectivity index (χ2n) is 5.24. The molecule has 5 aromatic carbocycles. The Morgan fingerprint density at radius 2 is 1.10 bits per heavy atom. The van der Waals surface area contributed by atoms with Crippen molar-refractivity contribution in [2.45, 2.75) is 0 Å². The third-order valence-electron chi connectivity index (χ3n) is 4.21. The second-order valence-corrected chi connectivity index (χ2v) is 5.24. The smallest absolute Gasteiger partial charge is 0.00137 e. The van der Waals surface area contributed by atoms with E-state index in [1.54, 1.807) is 0 Å². The second kappa shape index (κ2) is 3.49. The van der Waals surface area contributed by atoms with E-state index in [1.165, 1.54) is 43.1 Å². The molecular weight excluding hydrogens is 240 g/mol. The van der Waals surface area contributed by atoms with E-state index in [-0.39, 0.29) is 0 Å².